The standard InChI is InChI=1S/C9H11N3OS/c1-2-7(5-10)14(13)9-3-4-12-6-8(9)11/h3-4,6-7H,2,11H2,1H3. The second-order valence-corrected chi connectivity index (χ2v) is 4.34. The van der Waals surface area contributed by atoms with Crippen LogP contribution in [0.2, 0.25) is 0 Å². The molecule has 0 amide bonds. The summed E-state index contributed by atoms with van der Waals surface area (Å²) in [4.78, 5) is 4.29. The third kappa shape index (κ3) is 2.09. The zero-order chi connectivity index (χ0) is 10.6. The van der Waals surface area contributed by atoms with E-state index in [-0.39, 0.29) is 0 Å². The number of hydrogen-bond acceptors (Lipinski definition) is 4. The Bertz CT molecular complexity index is 386. The molecule has 0 bridgehead atoms. The SMILES string of the molecule is CCC(C#N)S(=O)c1ccncc1N. The monoisotopic (exact) mass is 209 g/mol. The van der Waals surface area contributed by atoms with Crippen LogP contribution in [0.4, 0.5) is 5.69 Å². The summed E-state index contributed by atoms with van der Waals surface area (Å²) >= 11 is 0. The molecule has 0 saturated carbocycles. The van der Waals surface area contributed by atoms with Gasteiger partial charge in [0.1, 0.15) is 5.25 Å². The molecule has 2 atom stereocenters. The van der Waals surface area contributed by atoms with Crippen molar-refractivity contribution in [2.24, 2.45) is 0 Å². The second-order valence-electron chi connectivity index (χ2n) is 2.74. The van der Waals surface area contributed by atoms with Crippen LogP contribution < -0.4 is 5.73 Å². The van der Waals surface area contributed by atoms with Crippen LogP contribution in [0.25, 0.3) is 0 Å². The van der Waals surface area contributed by atoms with Crippen LogP contribution >= 0.6 is 0 Å². The van der Waals surface area contributed by atoms with E-state index in [2.05, 4.69) is 4.98 Å². The van der Waals surface area contributed by atoms with E-state index in [0.29, 0.717) is 17.0 Å². The zero-order valence-electron chi connectivity index (χ0n) is 7.80. The Morgan fingerprint density at radius 3 is 3.00 bits per heavy atom. The number of hydrogen-bond donors (Lipinski definition) is 1. The summed E-state index contributed by atoms with van der Waals surface area (Å²) in [6.07, 6.45) is 3.51. The van der Waals surface area contributed by atoms with Crippen molar-refractivity contribution in [2.45, 2.75) is 23.5 Å². The van der Waals surface area contributed by atoms with Crippen LogP contribution in [0.1, 0.15) is 13.3 Å². The molecule has 4 nitrogen and oxygen atoms in total. The van der Waals surface area contributed by atoms with Gasteiger partial charge in [-0.25, -0.2) is 0 Å². The van der Waals surface area contributed by atoms with Crippen molar-refractivity contribution in [1.29, 1.82) is 5.26 Å². The van der Waals surface area contributed by atoms with E-state index in [4.69, 9.17) is 11.0 Å². The van der Waals surface area contributed by atoms with Gasteiger partial charge < -0.3 is 5.73 Å². The van der Waals surface area contributed by atoms with Crippen molar-refractivity contribution in [3.8, 4) is 6.07 Å². The Balaban J connectivity index is 3.01. The molecule has 74 valence electrons. The van der Waals surface area contributed by atoms with E-state index in [1.54, 1.807) is 6.07 Å². The van der Waals surface area contributed by atoms with Crippen molar-refractivity contribution in [1.82, 2.24) is 4.98 Å². The molecule has 0 saturated heterocycles. The Morgan fingerprint density at radius 2 is 2.50 bits per heavy atom. The van der Waals surface area contributed by atoms with E-state index in [1.807, 2.05) is 13.0 Å². The van der Waals surface area contributed by atoms with E-state index >= 15 is 0 Å². The summed E-state index contributed by atoms with van der Waals surface area (Å²) in [5.74, 6) is 0. The molecule has 1 heterocycles. The Morgan fingerprint density at radius 1 is 1.79 bits per heavy atom. The lowest BCUT2D eigenvalue weighted by Gasteiger charge is -2.07. The lowest BCUT2D eigenvalue weighted by molar-refractivity contribution is 0.676. The van der Waals surface area contributed by atoms with Crippen LogP contribution in [-0.2, 0) is 10.8 Å². The Hall–Kier alpha value is -1.41. The molecule has 0 aromatic carbocycles. The maximum absolute atomic E-state index is 11.8. The summed E-state index contributed by atoms with van der Waals surface area (Å²) in [5.41, 5.74) is 5.98. The molecule has 0 fully saturated rings. The molecule has 14 heavy (non-hydrogen) atoms. The number of nitrogens with zero attached hydrogens (tertiary/aromatic N) is 2. The van der Waals surface area contributed by atoms with Gasteiger partial charge in [-0.3, -0.25) is 9.19 Å². The highest BCUT2D eigenvalue weighted by Gasteiger charge is 2.17. The fourth-order valence-corrected chi connectivity index (χ4v) is 2.21. The summed E-state index contributed by atoms with van der Waals surface area (Å²) in [6.45, 7) is 1.82. The summed E-state index contributed by atoms with van der Waals surface area (Å²) in [5, 5.41) is 8.25. The molecule has 0 spiro atoms. The Labute approximate surface area is 85.2 Å². The smallest absolute Gasteiger partial charge is 0.126 e. The minimum absolute atomic E-state index is 0.375. The first-order valence-electron chi connectivity index (χ1n) is 4.20. The largest absolute Gasteiger partial charge is 0.396 e. The fraction of sp³-hybridized carbons (Fsp3) is 0.333. The molecule has 1 aromatic rings. The molecule has 2 N–H and O–H groups in total. The molecule has 5 heteroatoms. The van der Waals surface area contributed by atoms with Crippen molar-refractivity contribution in [3.05, 3.63) is 18.5 Å². The molecule has 0 radical (unpaired) electrons. The predicted molar refractivity (Wildman–Crippen MR) is 54.7 cm³/mol. The maximum atomic E-state index is 11.8. The van der Waals surface area contributed by atoms with Crippen molar-refractivity contribution >= 4 is 16.5 Å². The number of nitrogens with two attached hydrogens (primary N) is 1. The van der Waals surface area contributed by atoms with Gasteiger partial charge in [-0.1, -0.05) is 6.92 Å². The molecular formula is C9H11N3OS. The lowest BCUT2D eigenvalue weighted by atomic mass is 10.4. The molecule has 0 aliphatic heterocycles. The number of nitrogen functional groups attached to an aromatic ring is 1. The molecule has 1 aromatic heterocycles. The fourth-order valence-electron chi connectivity index (χ4n) is 1.02. The number of pyridine rings is 1. The number of aromatic nitrogens is 1. The van der Waals surface area contributed by atoms with Gasteiger partial charge in [0, 0.05) is 6.20 Å². The first-order valence-corrected chi connectivity index (χ1v) is 5.41. The third-order valence-corrected chi connectivity index (χ3v) is 3.56. The van der Waals surface area contributed by atoms with Gasteiger partial charge in [-0.05, 0) is 12.5 Å². The molecule has 2 unspecified atom stereocenters. The minimum atomic E-state index is -1.36. The van der Waals surface area contributed by atoms with Crippen LogP contribution in [0.5, 0.6) is 0 Å². The van der Waals surface area contributed by atoms with Gasteiger partial charge in [0.05, 0.1) is 33.6 Å². The maximum Gasteiger partial charge on any atom is 0.126 e. The second kappa shape index (κ2) is 4.72. The van der Waals surface area contributed by atoms with E-state index < -0.39 is 16.0 Å². The first kappa shape index (κ1) is 10.7. The molecular weight excluding hydrogens is 198 g/mol. The van der Waals surface area contributed by atoms with Gasteiger partial charge in [-0.15, -0.1) is 0 Å². The van der Waals surface area contributed by atoms with Crippen molar-refractivity contribution in [3.63, 3.8) is 0 Å². The van der Waals surface area contributed by atoms with E-state index in [0.717, 1.165) is 0 Å². The van der Waals surface area contributed by atoms with Gasteiger partial charge >= 0.3 is 0 Å². The Kier molecular flexibility index (Phi) is 3.60. The average Bonchev–Trinajstić information content (AvgIpc) is 2.20. The molecule has 1 rings (SSSR count). The normalized spacial score (nSPS) is 14.3. The average molecular weight is 209 g/mol. The van der Waals surface area contributed by atoms with Crippen LogP contribution in [0, 0.1) is 11.3 Å². The van der Waals surface area contributed by atoms with Crippen LogP contribution in [0.15, 0.2) is 23.4 Å². The topological polar surface area (TPSA) is 79.8 Å². The minimum Gasteiger partial charge on any atom is -0.396 e. The highest BCUT2D eigenvalue weighted by molar-refractivity contribution is 7.86. The van der Waals surface area contributed by atoms with E-state index in [9.17, 15) is 4.21 Å². The third-order valence-electron chi connectivity index (χ3n) is 1.80. The lowest BCUT2D eigenvalue weighted by Crippen LogP contribution is -2.13. The van der Waals surface area contributed by atoms with Gasteiger partial charge in [0.15, 0.2) is 0 Å². The van der Waals surface area contributed by atoms with Gasteiger partial charge in [0.2, 0.25) is 0 Å². The summed E-state index contributed by atoms with van der Waals surface area (Å²) in [7, 11) is -1.36. The van der Waals surface area contributed by atoms with Gasteiger partial charge in [-0.2, -0.15) is 5.26 Å². The van der Waals surface area contributed by atoms with Crippen LogP contribution in [-0.4, -0.2) is 14.4 Å². The predicted octanol–water partition coefficient (Wildman–Crippen LogP) is 1.07. The van der Waals surface area contributed by atoms with E-state index in [1.165, 1.54) is 12.4 Å². The molecule has 0 aliphatic rings. The van der Waals surface area contributed by atoms with Crippen LogP contribution in [0.3, 0.4) is 0 Å². The quantitative estimate of drug-likeness (QED) is 0.807. The highest BCUT2D eigenvalue weighted by Crippen LogP contribution is 2.18. The van der Waals surface area contributed by atoms with Gasteiger partial charge in [0.25, 0.3) is 0 Å². The molecule has 0 aliphatic carbocycles. The number of rotatable bonds is 3. The van der Waals surface area contributed by atoms with Crippen molar-refractivity contribution in [2.75, 3.05) is 5.73 Å². The van der Waals surface area contributed by atoms with Crippen molar-refractivity contribution < 1.29 is 4.21 Å². The number of anilines is 1. The summed E-state index contributed by atoms with van der Waals surface area (Å²) in [6, 6.07) is 3.59. The highest BCUT2D eigenvalue weighted by atomic mass is 32.2. The zero-order valence-corrected chi connectivity index (χ0v) is 8.62. The summed E-state index contributed by atoms with van der Waals surface area (Å²) < 4.78 is 11.8. The first-order chi connectivity index (χ1) is 6.70. The number of nitriles is 1.